The molecule has 1 amide bonds. The number of carbonyl (C=O) groups excluding carboxylic acids is 1. The molecule has 1 aromatic carbocycles. The van der Waals surface area contributed by atoms with Crippen molar-refractivity contribution in [1.82, 2.24) is 9.47 Å². The van der Waals surface area contributed by atoms with Crippen LogP contribution in [0.3, 0.4) is 0 Å². The summed E-state index contributed by atoms with van der Waals surface area (Å²) in [7, 11) is 0. The second-order valence-corrected chi connectivity index (χ2v) is 10.0. The van der Waals surface area contributed by atoms with E-state index >= 15 is 0 Å². The number of amides is 1. The molecule has 35 heavy (non-hydrogen) atoms. The first kappa shape index (κ1) is 23.1. The number of hydrogen-bond donors (Lipinski definition) is 0. The van der Waals surface area contributed by atoms with Gasteiger partial charge < -0.3 is 18.6 Å². The molecule has 1 fully saturated rings. The monoisotopic (exact) mass is 474 g/mol. The largest absolute Gasteiger partial charge is 0.488 e. The standard InChI is InChI=1S/C28H30N2O5/c1-16(2)15-34-23-8-17(3)9-24-27(23)18(4)21(28(33)35-24)11-26(32)29-12-19-10-20(14-29)22-6-5-7-25(31)30(22)13-19/h5-9,19-20H,1,10-15H2,2-4H3/t19-,20+/m1/s1. The van der Waals surface area contributed by atoms with Crippen molar-refractivity contribution in [2.24, 2.45) is 5.92 Å². The van der Waals surface area contributed by atoms with Crippen LogP contribution in [0.15, 0.2) is 56.5 Å². The maximum absolute atomic E-state index is 13.4. The molecular weight excluding hydrogens is 444 g/mol. The quantitative estimate of drug-likeness (QED) is 0.416. The maximum Gasteiger partial charge on any atom is 0.340 e. The normalized spacial score (nSPS) is 18.9. The first-order valence-corrected chi connectivity index (χ1v) is 12.0. The molecule has 2 aliphatic heterocycles. The molecule has 2 atom stereocenters. The van der Waals surface area contributed by atoms with Crippen LogP contribution in [-0.2, 0) is 17.8 Å². The molecule has 0 aliphatic carbocycles. The molecule has 0 radical (unpaired) electrons. The van der Waals surface area contributed by atoms with Gasteiger partial charge in [0.15, 0.2) is 0 Å². The van der Waals surface area contributed by atoms with Gasteiger partial charge in [0.05, 0.1) is 17.4 Å². The number of likely N-dealkylation sites (tertiary alicyclic amines) is 1. The smallest absolute Gasteiger partial charge is 0.340 e. The molecule has 0 N–H and O–H groups in total. The van der Waals surface area contributed by atoms with Gasteiger partial charge in [-0.15, -0.1) is 0 Å². The van der Waals surface area contributed by atoms with Crippen molar-refractivity contribution < 1.29 is 13.9 Å². The lowest BCUT2D eigenvalue weighted by molar-refractivity contribution is -0.133. The Morgan fingerprint density at radius 2 is 1.97 bits per heavy atom. The molecule has 7 nitrogen and oxygen atoms in total. The van der Waals surface area contributed by atoms with Crippen LogP contribution in [0.5, 0.6) is 5.75 Å². The minimum Gasteiger partial charge on any atom is -0.488 e. The molecule has 4 heterocycles. The number of benzene rings is 1. The van der Waals surface area contributed by atoms with E-state index in [4.69, 9.17) is 9.15 Å². The van der Waals surface area contributed by atoms with Gasteiger partial charge in [-0.25, -0.2) is 4.79 Å². The molecule has 2 aromatic heterocycles. The zero-order valence-corrected chi connectivity index (χ0v) is 20.4. The topological polar surface area (TPSA) is 81.8 Å². The SMILES string of the molecule is C=C(C)COc1cc(C)cc2oc(=O)c(CC(=O)N3C[C@H]4C[C@@H](C3)c3cccc(=O)n3C4)c(C)c12. The Morgan fingerprint density at radius 1 is 1.17 bits per heavy atom. The van der Waals surface area contributed by atoms with E-state index in [9.17, 15) is 14.4 Å². The van der Waals surface area contributed by atoms with E-state index < -0.39 is 5.63 Å². The highest BCUT2D eigenvalue weighted by Gasteiger charge is 2.36. The van der Waals surface area contributed by atoms with Gasteiger partial charge >= 0.3 is 5.63 Å². The second-order valence-electron chi connectivity index (χ2n) is 10.0. The molecule has 0 saturated carbocycles. The highest BCUT2D eigenvalue weighted by atomic mass is 16.5. The molecule has 2 bridgehead atoms. The first-order chi connectivity index (χ1) is 16.7. The number of pyridine rings is 1. The Bertz CT molecular complexity index is 1460. The van der Waals surface area contributed by atoms with Crippen molar-refractivity contribution in [1.29, 1.82) is 0 Å². The number of piperidine rings is 1. The van der Waals surface area contributed by atoms with Crippen molar-refractivity contribution in [2.45, 2.75) is 46.1 Å². The summed E-state index contributed by atoms with van der Waals surface area (Å²) < 4.78 is 13.5. The summed E-state index contributed by atoms with van der Waals surface area (Å²) in [6, 6.07) is 9.08. The fourth-order valence-electron chi connectivity index (χ4n) is 5.52. The van der Waals surface area contributed by atoms with Crippen molar-refractivity contribution in [2.75, 3.05) is 19.7 Å². The summed E-state index contributed by atoms with van der Waals surface area (Å²) in [4.78, 5) is 40.5. The minimum atomic E-state index is -0.492. The van der Waals surface area contributed by atoms with Gasteiger partial charge in [-0.05, 0) is 68.0 Å². The van der Waals surface area contributed by atoms with Gasteiger partial charge in [0.1, 0.15) is 17.9 Å². The van der Waals surface area contributed by atoms with Crippen LogP contribution in [0.4, 0.5) is 0 Å². The summed E-state index contributed by atoms with van der Waals surface area (Å²) >= 11 is 0. The number of carbonyl (C=O) groups is 1. The summed E-state index contributed by atoms with van der Waals surface area (Å²) in [5.74, 6) is 0.870. The van der Waals surface area contributed by atoms with Crippen LogP contribution < -0.4 is 15.9 Å². The van der Waals surface area contributed by atoms with Crippen LogP contribution in [0.25, 0.3) is 11.0 Å². The third-order valence-electron chi connectivity index (χ3n) is 7.12. The van der Waals surface area contributed by atoms with E-state index in [1.54, 1.807) is 12.1 Å². The number of fused-ring (bicyclic) bond motifs is 5. The Labute approximate surface area is 203 Å². The van der Waals surface area contributed by atoms with Crippen LogP contribution in [0.1, 0.15) is 41.6 Å². The maximum atomic E-state index is 13.4. The fourth-order valence-corrected chi connectivity index (χ4v) is 5.52. The van der Waals surface area contributed by atoms with Gasteiger partial charge in [-0.2, -0.15) is 0 Å². The van der Waals surface area contributed by atoms with Gasteiger partial charge in [-0.3, -0.25) is 9.59 Å². The highest BCUT2D eigenvalue weighted by molar-refractivity contribution is 5.89. The summed E-state index contributed by atoms with van der Waals surface area (Å²) in [6.45, 7) is 11.6. The van der Waals surface area contributed by atoms with Gasteiger partial charge in [-0.1, -0.05) is 12.6 Å². The third-order valence-corrected chi connectivity index (χ3v) is 7.12. The lowest BCUT2D eigenvalue weighted by atomic mass is 9.83. The Morgan fingerprint density at radius 3 is 2.74 bits per heavy atom. The summed E-state index contributed by atoms with van der Waals surface area (Å²) in [5, 5.41) is 0.711. The number of aromatic nitrogens is 1. The number of aryl methyl sites for hydroxylation is 2. The van der Waals surface area contributed by atoms with E-state index in [1.165, 1.54) is 0 Å². The number of rotatable bonds is 5. The first-order valence-electron chi connectivity index (χ1n) is 12.0. The Kier molecular flexibility index (Phi) is 5.87. The van der Waals surface area contributed by atoms with Crippen LogP contribution >= 0.6 is 0 Å². The zero-order valence-electron chi connectivity index (χ0n) is 20.4. The van der Waals surface area contributed by atoms with Crippen molar-refractivity contribution in [3.63, 3.8) is 0 Å². The van der Waals surface area contributed by atoms with Crippen LogP contribution in [0.2, 0.25) is 0 Å². The van der Waals surface area contributed by atoms with Crippen molar-refractivity contribution in [3.8, 4) is 5.75 Å². The fraction of sp³-hybridized carbons (Fsp3) is 0.393. The molecule has 1 saturated heterocycles. The highest BCUT2D eigenvalue weighted by Crippen LogP contribution is 2.36. The van der Waals surface area contributed by atoms with E-state index in [0.29, 0.717) is 54.1 Å². The number of hydrogen-bond acceptors (Lipinski definition) is 5. The van der Waals surface area contributed by atoms with Gasteiger partial charge in [0.25, 0.3) is 5.56 Å². The predicted molar refractivity (Wildman–Crippen MR) is 134 cm³/mol. The molecular formula is C28H30N2O5. The van der Waals surface area contributed by atoms with E-state index in [2.05, 4.69) is 6.58 Å². The van der Waals surface area contributed by atoms with Crippen LogP contribution in [0, 0.1) is 19.8 Å². The lowest BCUT2D eigenvalue weighted by Crippen LogP contribution is -2.49. The molecule has 2 aliphatic rings. The number of nitrogens with zero attached hydrogens (tertiary/aromatic N) is 2. The van der Waals surface area contributed by atoms with Crippen molar-refractivity contribution >= 4 is 16.9 Å². The minimum absolute atomic E-state index is 0.0151. The third kappa shape index (κ3) is 4.31. The molecule has 3 aromatic rings. The van der Waals surface area contributed by atoms with Gasteiger partial charge in [0, 0.05) is 37.3 Å². The predicted octanol–water partition coefficient (Wildman–Crippen LogP) is 3.71. The molecule has 0 unspecified atom stereocenters. The number of ether oxygens (including phenoxy) is 1. The average molecular weight is 475 g/mol. The van der Waals surface area contributed by atoms with E-state index in [1.807, 2.05) is 48.4 Å². The van der Waals surface area contributed by atoms with Crippen LogP contribution in [-0.4, -0.2) is 35.1 Å². The average Bonchev–Trinajstić information content (AvgIpc) is 2.80. The molecule has 7 heteroatoms. The van der Waals surface area contributed by atoms with E-state index in [0.717, 1.165) is 23.3 Å². The Balaban J connectivity index is 1.45. The zero-order chi connectivity index (χ0) is 24.9. The summed E-state index contributed by atoms with van der Waals surface area (Å²) in [6.07, 6.45) is 0.937. The Hall–Kier alpha value is -3.61. The van der Waals surface area contributed by atoms with Gasteiger partial charge in [0.2, 0.25) is 5.91 Å². The molecule has 182 valence electrons. The van der Waals surface area contributed by atoms with E-state index in [-0.39, 0.29) is 29.7 Å². The van der Waals surface area contributed by atoms with Crippen molar-refractivity contribution in [3.05, 3.63) is 85.6 Å². The second kappa shape index (κ2) is 8.87. The molecule has 5 rings (SSSR count). The molecule has 0 spiro atoms. The lowest BCUT2D eigenvalue weighted by Gasteiger charge is -2.42. The summed E-state index contributed by atoms with van der Waals surface area (Å²) in [5.41, 5.74) is 3.83.